The molecule has 5 rings (SSSR count). The van der Waals surface area contributed by atoms with E-state index in [1.54, 1.807) is 48.8 Å². The molecule has 0 unspecified atom stereocenters. The van der Waals surface area contributed by atoms with E-state index in [9.17, 15) is 19.7 Å². The third-order valence-corrected chi connectivity index (χ3v) is 7.22. The number of pyridine rings is 1. The van der Waals surface area contributed by atoms with Gasteiger partial charge >= 0.3 is 5.97 Å². The number of allylic oxidation sites excluding steroid dienone is 1. The van der Waals surface area contributed by atoms with Crippen LogP contribution in [0.25, 0.3) is 6.08 Å². The van der Waals surface area contributed by atoms with Gasteiger partial charge in [0.25, 0.3) is 11.2 Å². The standard InChI is InChI=1S/C29H24N4O6S/c1-4-38-28(35)25-18(3)31-29-32(26(25)20-9-5-17(2)6-10-20)27(34)23(40-29)15-19-7-12-22(13-8-19)39-24-14-11-21(16-30-24)33(36)37/h5-16,26H,4H2,1-3H3/b23-15+/t26-/m1/s1. The Labute approximate surface area is 232 Å². The first-order valence-corrected chi connectivity index (χ1v) is 13.2. The van der Waals surface area contributed by atoms with Gasteiger partial charge in [-0.2, -0.15) is 0 Å². The molecule has 10 nitrogen and oxygen atoms in total. The molecule has 0 radical (unpaired) electrons. The molecule has 0 saturated carbocycles. The fraction of sp³-hybridized carbons (Fsp3) is 0.172. The van der Waals surface area contributed by atoms with E-state index < -0.39 is 16.9 Å². The molecule has 0 amide bonds. The molecule has 1 atom stereocenters. The minimum atomic E-state index is -0.664. The molecule has 0 fully saturated rings. The van der Waals surface area contributed by atoms with Gasteiger partial charge in [0.1, 0.15) is 11.9 Å². The SMILES string of the molecule is CCOC(=O)C1=C(C)N=c2s/c(=C/c3ccc(Oc4ccc([N+](=O)[O-])cn4)cc3)c(=O)n2[C@@H]1c1ccc(C)cc1. The van der Waals surface area contributed by atoms with Crippen molar-refractivity contribution < 1.29 is 19.2 Å². The van der Waals surface area contributed by atoms with E-state index in [-0.39, 0.29) is 23.7 Å². The van der Waals surface area contributed by atoms with Crippen LogP contribution in [0, 0.1) is 17.0 Å². The van der Waals surface area contributed by atoms with Crippen molar-refractivity contribution in [1.29, 1.82) is 0 Å². The predicted octanol–water partition coefficient (Wildman–Crippen LogP) is 4.20. The van der Waals surface area contributed by atoms with Gasteiger partial charge in [0.05, 0.1) is 33.4 Å². The fourth-order valence-electron chi connectivity index (χ4n) is 4.30. The van der Waals surface area contributed by atoms with Crippen LogP contribution in [0.5, 0.6) is 11.6 Å². The van der Waals surface area contributed by atoms with Gasteiger partial charge < -0.3 is 9.47 Å². The Morgan fingerprint density at radius 2 is 1.82 bits per heavy atom. The molecule has 4 aromatic rings. The summed E-state index contributed by atoms with van der Waals surface area (Å²) in [7, 11) is 0. The largest absolute Gasteiger partial charge is 0.463 e. The Hall–Kier alpha value is -4.90. The summed E-state index contributed by atoms with van der Waals surface area (Å²) in [4.78, 5) is 46.0. The molecule has 3 heterocycles. The number of nitro groups is 1. The van der Waals surface area contributed by atoms with E-state index in [0.717, 1.165) is 22.9 Å². The van der Waals surface area contributed by atoms with E-state index in [4.69, 9.17) is 9.47 Å². The number of hydrogen-bond acceptors (Lipinski definition) is 9. The third kappa shape index (κ3) is 5.32. The highest BCUT2D eigenvalue weighted by atomic mass is 32.1. The summed E-state index contributed by atoms with van der Waals surface area (Å²) in [5, 5.41) is 10.8. The highest BCUT2D eigenvalue weighted by Gasteiger charge is 2.33. The van der Waals surface area contributed by atoms with E-state index in [1.807, 2.05) is 31.2 Å². The molecule has 0 aliphatic carbocycles. The van der Waals surface area contributed by atoms with Crippen molar-refractivity contribution in [3.8, 4) is 11.6 Å². The van der Waals surface area contributed by atoms with Crippen LogP contribution in [0.15, 0.2) is 87.9 Å². The summed E-state index contributed by atoms with van der Waals surface area (Å²) in [6.07, 6.45) is 2.88. The lowest BCUT2D eigenvalue weighted by Crippen LogP contribution is -2.39. The Morgan fingerprint density at radius 3 is 2.45 bits per heavy atom. The van der Waals surface area contributed by atoms with Crippen LogP contribution in [0.3, 0.4) is 0 Å². The van der Waals surface area contributed by atoms with Gasteiger partial charge in [-0.1, -0.05) is 53.3 Å². The highest BCUT2D eigenvalue weighted by Crippen LogP contribution is 2.31. The van der Waals surface area contributed by atoms with Crippen molar-refractivity contribution in [3.63, 3.8) is 0 Å². The Bertz CT molecular complexity index is 1800. The number of hydrogen-bond donors (Lipinski definition) is 0. The first-order valence-electron chi connectivity index (χ1n) is 12.4. The van der Waals surface area contributed by atoms with Crippen LogP contribution in [-0.2, 0) is 9.53 Å². The second-order valence-corrected chi connectivity index (χ2v) is 10.0. The maximum Gasteiger partial charge on any atom is 0.338 e. The minimum absolute atomic E-state index is 0.127. The molecule has 0 saturated heterocycles. The lowest BCUT2D eigenvalue weighted by atomic mass is 9.95. The number of esters is 1. The van der Waals surface area contributed by atoms with Gasteiger partial charge in [0, 0.05) is 12.1 Å². The number of thiazole rings is 1. The monoisotopic (exact) mass is 556 g/mol. The van der Waals surface area contributed by atoms with Crippen LogP contribution in [-0.4, -0.2) is 27.1 Å². The van der Waals surface area contributed by atoms with Gasteiger partial charge in [0.2, 0.25) is 5.88 Å². The van der Waals surface area contributed by atoms with Crippen molar-refractivity contribution in [1.82, 2.24) is 9.55 Å². The Kier molecular flexibility index (Phi) is 7.39. The summed E-state index contributed by atoms with van der Waals surface area (Å²) in [5.41, 5.74) is 3.06. The van der Waals surface area contributed by atoms with Gasteiger partial charge in [-0.05, 0) is 50.1 Å². The average molecular weight is 557 g/mol. The van der Waals surface area contributed by atoms with Crippen LogP contribution in [0.4, 0.5) is 5.69 Å². The molecule has 2 aromatic carbocycles. The summed E-state index contributed by atoms with van der Waals surface area (Å²) in [5.74, 6) is 0.200. The molecule has 0 bridgehead atoms. The summed E-state index contributed by atoms with van der Waals surface area (Å²) >= 11 is 1.25. The molecule has 1 aliphatic rings. The Balaban J connectivity index is 1.50. The highest BCUT2D eigenvalue weighted by molar-refractivity contribution is 7.07. The molecule has 1 aliphatic heterocycles. The lowest BCUT2D eigenvalue weighted by molar-refractivity contribution is -0.385. The van der Waals surface area contributed by atoms with Gasteiger partial charge in [0.15, 0.2) is 4.80 Å². The normalized spacial score (nSPS) is 14.9. The Morgan fingerprint density at radius 1 is 1.10 bits per heavy atom. The molecule has 2 aromatic heterocycles. The number of carbonyl (C=O) groups is 1. The third-order valence-electron chi connectivity index (χ3n) is 6.24. The zero-order valence-corrected chi connectivity index (χ0v) is 22.7. The summed E-state index contributed by atoms with van der Waals surface area (Å²) < 4.78 is 13.0. The van der Waals surface area contributed by atoms with Crippen LogP contribution in [0.2, 0.25) is 0 Å². The van der Waals surface area contributed by atoms with Gasteiger partial charge in [-0.3, -0.25) is 19.5 Å². The molecule has 0 spiro atoms. The predicted molar refractivity (Wildman–Crippen MR) is 149 cm³/mol. The molecular formula is C29H24N4O6S. The van der Waals surface area contributed by atoms with E-state index >= 15 is 0 Å². The molecule has 11 heteroatoms. The van der Waals surface area contributed by atoms with Crippen molar-refractivity contribution >= 4 is 29.1 Å². The molecular weight excluding hydrogens is 532 g/mol. The first kappa shape index (κ1) is 26.7. The summed E-state index contributed by atoms with van der Waals surface area (Å²) in [6, 6.07) is 16.8. The number of carbonyl (C=O) groups excluding carboxylic acids is 1. The number of fused-ring (bicyclic) bond motifs is 1. The van der Waals surface area contributed by atoms with Crippen molar-refractivity contribution in [2.24, 2.45) is 4.99 Å². The first-order chi connectivity index (χ1) is 19.2. The van der Waals surface area contributed by atoms with E-state index in [1.165, 1.54) is 23.5 Å². The van der Waals surface area contributed by atoms with Crippen molar-refractivity contribution in [3.05, 3.63) is 125 Å². The topological polar surface area (TPSA) is 126 Å². The maximum absolute atomic E-state index is 13.7. The fourth-order valence-corrected chi connectivity index (χ4v) is 5.35. The average Bonchev–Trinajstić information content (AvgIpc) is 3.24. The minimum Gasteiger partial charge on any atom is -0.463 e. The molecule has 202 valence electrons. The van der Waals surface area contributed by atoms with Crippen LogP contribution < -0.4 is 19.6 Å². The zero-order chi connectivity index (χ0) is 28.4. The number of nitrogens with zero attached hydrogens (tertiary/aromatic N) is 4. The smallest absolute Gasteiger partial charge is 0.338 e. The second kappa shape index (κ2) is 11.1. The van der Waals surface area contributed by atoms with Crippen LogP contribution >= 0.6 is 11.3 Å². The van der Waals surface area contributed by atoms with E-state index in [2.05, 4.69) is 9.98 Å². The van der Waals surface area contributed by atoms with Crippen LogP contribution in [0.1, 0.15) is 36.6 Å². The number of rotatable bonds is 7. The molecule has 0 N–H and O–H groups in total. The number of aryl methyl sites for hydroxylation is 1. The quantitative estimate of drug-likeness (QED) is 0.190. The lowest BCUT2D eigenvalue weighted by Gasteiger charge is -2.24. The van der Waals surface area contributed by atoms with Gasteiger partial charge in [-0.15, -0.1) is 0 Å². The zero-order valence-electron chi connectivity index (χ0n) is 21.9. The molecule has 40 heavy (non-hydrogen) atoms. The van der Waals surface area contributed by atoms with E-state index in [0.29, 0.717) is 26.4 Å². The second-order valence-electron chi connectivity index (χ2n) is 9.00. The summed E-state index contributed by atoms with van der Waals surface area (Å²) in [6.45, 7) is 5.67. The number of benzene rings is 2. The van der Waals surface area contributed by atoms with Crippen molar-refractivity contribution in [2.45, 2.75) is 26.8 Å². The van der Waals surface area contributed by atoms with Gasteiger partial charge in [-0.25, -0.2) is 14.8 Å². The van der Waals surface area contributed by atoms with Crippen molar-refractivity contribution in [2.75, 3.05) is 6.61 Å². The number of aromatic nitrogens is 2. The number of ether oxygens (including phenoxy) is 2. The maximum atomic E-state index is 13.7.